The van der Waals surface area contributed by atoms with Crippen LogP contribution < -0.4 is 11.1 Å². The highest BCUT2D eigenvalue weighted by molar-refractivity contribution is 5.92. The topological polar surface area (TPSA) is 90.0 Å². The van der Waals surface area contributed by atoms with Gasteiger partial charge in [-0.3, -0.25) is 9.59 Å². The standard InChI is InChI=1S/C13H12F2N4O2/c1-17-11(21)5-19-13(16)8(6-20)12(18-19)7-2-3-9(14)10(15)4-7/h2-4,6H,5,16H2,1H3,(H,17,21). The summed E-state index contributed by atoms with van der Waals surface area (Å²) in [5, 5.41) is 6.41. The minimum Gasteiger partial charge on any atom is -0.383 e. The van der Waals surface area contributed by atoms with Gasteiger partial charge < -0.3 is 11.1 Å². The van der Waals surface area contributed by atoms with E-state index in [9.17, 15) is 18.4 Å². The van der Waals surface area contributed by atoms with Crippen molar-refractivity contribution in [3.8, 4) is 11.3 Å². The fourth-order valence-corrected chi connectivity index (χ4v) is 1.80. The minimum atomic E-state index is -1.07. The van der Waals surface area contributed by atoms with Crippen molar-refractivity contribution in [2.45, 2.75) is 6.54 Å². The molecule has 1 heterocycles. The lowest BCUT2D eigenvalue weighted by molar-refractivity contribution is -0.121. The van der Waals surface area contributed by atoms with Gasteiger partial charge in [0.05, 0.1) is 5.56 Å². The molecule has 1 aromatic carbocycles. The van der Waals surface area contributed by atoms with Crippen molar-refractivity contribution in [2.75, 3.05) is 12.8 Å². The molecular weight excluding hydrogens is 282 g/mol. The number of halogens is 2. The first kappa shape index (κ1) is 14.6. The number of rotatable bonds is 4. The Morgan fingerprint density at radius 1 is 1.43 bits per heavy atom. The smallest absolute Gasteiger partial charge is 0.241 e. The van der Waals surface area contributed by atoms with E-state index in [1.807, 2.05) is 0 Å². The third-order valence-corrected chi connectivity index (χ3v) is 2.91. The molecule has 2 aromatic rings. The number of carbonyl (C=O) groups excluding carboxylic acids is 2. The Balaban J connectivity index is 2.52. The molecule has 0 saturated heterocycles. The summed E-state index contributed by atoms with van der Waals surface area (Å²) in [6.07, 6.45) is 0.458. The fraction of sp³-hybridized carbons (Fsp3) is 0.154. The number of nitrogens with one attached hydrogen (secondary N) is 1. The molecular formula is C13H12F2N4O2. The van der Waals surface area contributed by atoms with Crippen LogP contribution in [-0.4, -0.2) is 29.0 Å². The molecule has 3 N–H and O–H groups in total. The summed E-state index contributed by atoms with van der Waals surface area (Å²) in [5.41, 5.74) is 6.04. The number of hydrogen-bond acceptors (Lipinski definition) is 4. The molecule has 0 bridgehead atoms. The number of amides is 1. The van der Waals surface area contributed by atoms with Gasteiger partial charge in [-0.1, -0.05) is 0 Å². The van der Waals surface area contributed by atoms with Gasteiger partial charge in [0.1, 0.15) is 18.1 Å². The van der Waals surface area contributed by atoms with Gasteiger partial charge in [0.15, 0.2) is 17.9 Å². The molecule has 0 fully saturated rings. The van der Waals surface area contributed by atoms with Gasteiger partial charge in [-0.15, -0.1) is 0 Å². The Bertz CT molecular complexity index is 712. The third-order valence-electron chi connectivity index (χ3n) is 2.91. The average Bonchev–Trinajstić information content (AvgIpc) is 2.78. The molecule has 1 aromatic heterocycles. The summed E-state index contributed by atoms with van der Waals surface area (Å²) in [7, 11) is 1.44. The molecule has 110 valence electrons. The van der Waals surface area contributed by atoms with Gasteiger partial charge in [-0.25, -0.2) is 13.5 Å². The van der Waals surface area contributed by atoms with Gasteiger partial charge in [0.2, 0.25) is 5.91 Å². The van der Waals surface area contributed by atoms with Gasteiger partial charge in [0, 0.05) is 12.6 Å². The molecule has 0 aliphatic heterocycles. The molecule has 2 rings (SSSR count). The Kier molecular flexibility index (Phi) is 3.97. The van der Waals surface area contributed by atoms with E-state index in [2.05, 4.69) is 10.4 Å². The Morgan fingerprint density at radius 3 is 2.71 bits per heavy atom. The van der Waals surface area contributed by atoms with Crippen LogP contribution in [0.4, 0.5) is 14.6 Å². The lowest BCUT2D eigenvalue weighted by Gasteiger charge is -2.02. The number of nitrogens with two attached hydrogens (primary N) is 1. The van der Waals surface area contributed by atoms with Gasteiger partial charge in [-0.05, 0) is 18.2 Å². The molecule has 21 heavy (non-hydrogen) atoms. The van der Waals surface area contributed by atoms with Crippen LogP contribution >= 0.6 is 0 Å². The maximum absolute atomic E-state index is 13.3. The van der Waals surface area contributed by atoms with E-state index < -0.39 is 11.6 Å². The van der Waals surface area contributed by atoms with Crippen molar-refractivity contribution in [1.29, 1.82) is 0 Å². The Hall–Kier alpha value is -2.77. The predicted octanol–water partition coefficient (Wildman–Crippen LogP) is 0.969. The van der Waals surface area contributed by atoms with Crippen LogP contribution in [0.2, 0.25) is 0 Å². The summed E-state index contributed by atoms with van der Waals surface area (Å²) in [4.78, 5) is 22.5. The zero-order valence-electron chi connectivity index (χ0n) is 11.1. The highest BCUT2D eigenvalue weighted by Gasteiger charge is 2.19. The minimum absolute atomic E-state index is 0.0184. The number of nitrogen functional groups attached to an aromatic ring is 1. The van der Waals surface area contributed by atoms with E-state index in [4.69, 9.17) is 5.73 Å². The van der Waals surface area contributed by atoms with Crippen molar-refractivity contribution < 1.29 is 18.4 Å². The fourth-order valence-electron chi connectivity index (χ4n) is 1.80. The highest BCUT2D eigenvalue weighted by atomic mass is 19.2. The number of nitrogens with zero attached hydrogens (tertiary/aromatic N) is 2. The normalized spacial score (nSPS) is 10.4. The number of anilines is 1. The van der Waals surface area contributed by atoms with E-state index in [0.29, 0.717) is 6.29 Å². The van der Waals surface area contributed by atoms with E-state index in [1.165, 1.54) is 13.1 Å². The summed E-state index contributed by atoms with van der Waals surface area (Å²) in [6.45, 7) is -0.188. The van der Waals surface area contributed by atoms with Crippen molar-refractivity contribution in [2.24, 2.45) is 0 Å². The van der Waals surface area contributed by atoms with E-state index in [-0.39, 0.29) is 35.1 Å². The summed E-state index contributed by atoms with van der Waals surface area (Å²) in [5.74, 6) is -2.46. The highest BCUT2D eigenvalue weighted by Crippen LogP contribution is 2.27. The monoisotopic (exact) mass is 294 g/mol. The van der Waals surface area contributed by atoms with Crippen LogP contribution in [0.15, 0.2) is 18.2 Å². The molecule has 0 aliphatic rings. The van der Waals surface area contributed by atoms with Gasteiger partial charge in [0.25, 0.3) is 0 Å². The quantitative estimate of drug-likeness (QED) is 0.822. The third kappa shape index (κ3) is 2.73. The molecule has 0 saturated carbocycles. The summed E-state index contributed by atoms with van der Waals surface area (Å²) >= 11 is 0. The maximum atomic E-state index is 13.3. The number of hydrogen-bond donors (Lipinski definition) is 2. The number of aldehydes is 1. The van der Waals surface area contributed by atoms with Gasteiger partial charge >= 0.3 is 0 Å². The summed E-state index contributed by atoms with van der Waals surface area (Å²) < 4.78 is 27.4. The second-order valence-electron chi connectivity index (χ2n) is 4.23. The van der Waals surface area contributed by atoms with Crippen molar-refractivity contribution in [1.82, 2.24) is 15.1 Å². The largest absolute Gasteiger partial charge is 0.383 e. The number of likely N-dealkylation sites (N-methyl/N-ethyl adjacent to an activating group) is 1. The van der Waals surface area contributed by atoms with Crippen LogP contribution in [0.1, 0.15) is 10.4 Å². The first-order chi connectivity index (χ1) is 9.97. The number of carbonyl (C=O) groups is 2. The number of aromatic nitrogens is 2. The van der Waals surface area contributed by atoms with Crippen LogP contribution in [0.25, 0.3) is 11.3 Å². The second kappa shape index (κ2) is 5.70. The van der Waals surface area contributed by atoms with E-state index in [0.717, 1.165) is 16.8 Å². The first-order valence-corrected chi connectivity index (χ1v) is 5.95. The van der Waals surface area contributed by atoms with Crippen LogP contribution in [0.5, 0.6) is 0 Å². The average molecular weight is 294 g/mol. The SMILES string of the molecule is CNC(=O)Cn1nc(-c2ccc(F)c(F)c2)c(C=O)c1N. The zero-order valence-corrected chi connectivity index (χ0v) is 11.1. The van der Waals surface area contributed by atoms with Gasteiger partial charge in [-0.2, -0.15) is 5.10 Å². The first-order valence-electron chi connectivity index (χ1n) is 5.95. The lowest BCUT2D eigenvalue weighted by atomic mass is 10.1. The molecule has 6 nitrogen and oxygen atoms in total. The van der Waals surface area contributed by atoms with Crippen LogP contribution in [0, 0.1) is 11.6 Å². The second-order valence-corrected chi connectivity index (χ2v) is 4.23. The molecule has 0 spiro atoms. The molecule has 1 amide bonds. The number of benzene rings is 1. The summed E-state index contributed by atoms with van der Waals surface area (Å²) in [6, 6.07) is 3.11. The molecule has 8 heteroatoms. The molecule has 0 unspecified atom stereocenters. The lowest BCUT2D eigenvalue weighted by Crippen LogP contribution is -2.24. The predicted molar refractivity (Wildman–Crippen MR) is 71.4 cm³/mol. The van der Waals surface area contributed by atoms with Crippen LogP contribution in [-0.2, 0) is 11.3 Å². The van der Waals surface area contributed by atoms with Crippen molar-refractivity contribution >= 4 is 18.0 Å². The van der Waals surface area contributed by atoms with Crippen molar-refractivity contribution in [3.05, 3.63) is 35.4 Å². The van der Waals surface area contributed by atoms with E-state index >= 15 is 0 Å². The maximum Gasteiger partial charge on any atom is 0.241 e. The molecule has 0 atom stereocenters. The van der Waals surface area contributed by atoms with E-state index in [1.54, 1.807) is 0 Å². The molecule has 0 aliphatic carbocycles. The zero-order chi connectivity index (χ0) is 15.6. The van der Waals surface area contributed by atoms with Crippen molar-refractivity contribution in [3.63, 3.8) is 0 Å². The Morgan fingerprint density at radius 2 is 2.14 bits per heavy atom. The van der Waals surface area contributed by atoms with Crippen LogP contribution in [0.3, 0.4) is 0 Å². The Labute approximate surface area is 118 Å². The molecule has 0 radical (unpaired) electrons.